The van der Waals surface area contributed by atoms with Gasteiger partial charge in [-0.3, -0.25) is 4.79 Å². The van der Waals surface area contributed by atoms with Crippen molar-refractivity contribution >= 4 is 11.7 Å². The molecule has 1 aliphatic carbocycles. The fraction of sp³-hybridized carbons (Fsp3) is 0.583. The number of rotatable bonds is 2. The van der Waals surface area contributed by atoms with Crippen molar-refractivity contribution in [1.82, 2.24) is 15.3 Å². The second kappa shape index (κ2) is 5.61. The molecule has 0 unspecified atom stereocenters. The zero-order valence-corrected chi connectivity index (χ0v) is 9.85. The van der Waals surface area contributed by atoms with Crippen molar-refractivity contribution in [3.8, 4) is 0 Å². The predicted octanol–water partition coefficient (Wildman–Crippen LogP) is 1.51. The summed E-state index contributed by atoms with van der Waals surface area (Å²) < 4.78 is 0. The van der Waals surface area contributed by atoms with Crippen LogP contribution in [0.1, 0.15) is 49.0 Å². The minimum atomic E-state index is -0.149. The summed E-state index contributed by atoms with van der Waals surface area (Å²) in [4.78, 5) is 19.7. The molecule has 0 spiro atoms. The fourth-order valence-electron chi connectivity index (χ4n) is 2.14. The monoisotopic (exact) mass is 234 g/mol. The van der Waals surface area contributed by atoms with Crippen LogP contribution in [-0.2, 0) is 0 Å². The van der Waals surface area contributed by atoms with Crippen LogP contribution in [0, 0.1) is 0 Å². The number of carbonyl (C=O) groups excluding carboxylic acids is 1. The second-order valence-corrected chi connectivity index (χ2v) is 4.49. The number of hydrogen-bond acceptors (Lipinski definition) is 4. The molecule has 1 heterocycles. The van der Waals surface area contributed by atoms with Crippen LogP contribution < -0.4 is 11.1 Å². The van der Waals surface area contributed by atoms with Crippen LogP contribution in [0.25, 0.3) is 0 Å². The normalized spacial score (nSPS) is 17.4. The minimum absolute atomic E-state index is 0.149. The Morgan fingerprint density at radius 2 is 1.88 bits per heavy atom. The van der Waals surface area contributed by atoms with E-state index < -0.39 is 0 Å². The molecule has 17 heavy (non-hydrogen) atoms. The topological polar surface area (TPSA) is 80.9 Å². The zero-order valence-electron chi connectivity index (χ0n) is 9.85. The van der Waals surface area contributed by atoms with Gasteiger partial charge in [-0.25, -0.2) is 9.97 Å². The number of hydrogen-bond donors (Lipinski definition) is 2. The van der Waals surface area contributed by atoms with Gasteiger partial charge in [0.1, 0.15) is 11.5 Å². The summed E-state index contributed by atoms with van der Waals surface area (Å²) in [6.07, 6.45) is 9.88. The summed E-state index contributed by atoms with van der Waals surface area (Å²) in [5.74, 6) is 0.181. The molecule has 0 saturated heterocycles. The Kier molecular flexibility index (Phi) is 3.90. The number of amides is 1. The molecule has 1 aromatic heterocycles. The molecule has 3 N–H and O–H groups in total. The van der Waals surface area contributed by atoms with Gasteiger partial charge in [0.25, 0.3) is 5.91 Å². The van der Waals surface area contributed by atoms with Gasteiger partial charge in [-0.2, -0.15) is 0 Å². The van der Waals surface area contributed by atoms with Gasteiger partial charge in [0.15, 0.2) is 0 Å². The lowest BCUT2D eigenvalue weighted by atomic mass is 10.1. The highest BCUT2D eigenvalue weighted by Crippen LogP contribution is 2.17. The van der Waals surface area contributed by atoms with Crippen molar-refractivity contribution < 1.29 is 4.79 Å². The summed E-state index contributed by atoms with van der Waals surface area (Å²) in [6.45, 7) is 0. The first-order valence-electron chi connectivity index (χ1n) is 6.14. The van der Waals surface area contributed by atoms with E-state index in [4.69, 9.17) is 5.73 Å². The Hall–Kier alpha value is -1.65. The van der Waals surface area contributed by atoms with E-state index in [0.717, 1.165) is 12.8 Å². The number of aromatic nitrogens is 2. The van der Waals surface area contributed by atoms with Crippen molar-refractivity contribution in [3.63, 3.8) is 0 Å². The molecule has 5 nitrogen and oxygen atoms in total. The van der Waals surface area contributed by atoms with Gasteiger partial charge in [-0.15, -0.1) is 0 Å². The average Bonchev–Trinajstić information content (AvgIpc) is 2.58. The lowest BCUT2D eigenvalue weighted by Crippen LogP contribution is -2.34. The van der Waals surface area contributed by atoms with Crippen molar-refractivity contribution in [2.24, 2.45) is 0 Å². The Bertz CT molecular complexity index is 369. The number of nitrogen functional groups attached to an aromatic ring is 1. The molecule has 0 bridgehead atoms. The van der Waals surface area contributed by atoms with Gasteiger partial charge >= 0.3 is 0 Å². The third-order valence-corrected chi connectivity index (χ3v) is 3.09. The maximum absolute atomic E-state index is 11.9. The Morgan fingerprint density at radius 1 is 1.18 bits per heavy atom. The summed E-state index contributed by atoms with van der Waals surface area (Å²) in [5, 5.41) is 3.01. The van der Waals surface area contributed by atoms with Gasteiger partial charge in [0, 0.05) is 6.04 Å². The maximum Gasteiger partial charge on any atom is 0.271 e. The zero-order chi connectivity index (χ0) is 12.1. The molecule has 1 amide bonds. The highest BCUT2D eigenvalue weighted by molar-refractivity contribution is 5.92. The van der Waals surface area contributed by atoms with Crippen LogP contribution in [0.5, 0.6) is 0 Å². The molecule has 2 rings (SSSR count). The fourth-order valence-corrected chi connectivity index (χ4v) is 2.14. The molecule has 0 aromatic carbocycles. The van der Waals surface area contributed by atoms with Crippen molar-refractivity contribution in [2.45, 2.75) is 44.6 Å². The molecule has 5 heteroatoms. The first-order chi connectivity index (χ1) is 8.25. The predicted molar refractivity (Wildman–Crippen MR) is 65.4 cm³/mol. The van der Waals surface area contributed by atoms with Gasteiger partial charge < -0.3 is 11.1 Å². The Labute approximate surface area is 101 Å². The number of nitrogens with zero attached hydrogens (tertiary/aromatic N) is 2. The quantitative estimate of drug-likeness (QED) is 0.760. The van der Waals surface area contributed by atoms with E-state index in [9.17, 15) is 4.79 Å². The smallest absolute Gasteiger partial charge is 0.271 e. The molecular formula is C12H18N4O. The second-order valence-electron chi connectivity index (χ2n) is 4.49. The van der Waals surface area contributed by atoms with E-state index in [1.54, 1.807) is 0 Å². The molecule has 1 aromatic rings. The van der Waals surface area contributed by atoms with E-state index in [2.05, 4.69) is 15.3 Å². The molecule has 1 aliphatic rings. The van der Waals surface area contributed by atoms with Gasteiger partial charge in [0.05, 0.1) is 12.4 Å². The minimum Gasteiger partial charge on any atom is -0.382 e. The van der Waals surface area contributed by atoms with E-state index >= 15 is 0 Å². The van der Waals surface area contributed by atoms with Crippen molar-refractivity contribution in [2.75, 3.05) is 5.73 Å². The largest absolute Gasteiger partial charge is 0.382 e. The van der Waals surface area contributed by atoms with Crippen molar-refractivity contribution in [3.05, 3.63) is 18.1 Å². The number of anilines is 1. The van der Waals surface area contributed by atoms with Crippen molar-refractivity contribution in [1.29, 1.82) is 0 Å². The van der Waals surface area contributed by atoms with Crippen LogP contribution in [0.3, 0.4) is 0 Å². The molecule has 92 valence electrons. The van der Waals surface area contributed by atoms with E-state index in [1.807, 2.05) is 0 Å². The summed E-state index contributed by atoms with van der Waals surface area (Å²) >= 11 is 0. The highest BCUT2D eigenvalue weighted by atomic mass is 16.1. The third kappa shape index (κ3) is 3.41. The Morgan fingerprint density at radius 3 is 2.47 bits per heavy atom. The Balaban J connectivity index is 1.93. The molecular weight excluding hydrogens is 216 g/mol. The number of nitrogens with one attached hydrogen (secondary N) is 1. The molecule has 1 saturated carbocycles. The highest BCUT2D eigenvalue weighted by Gasteiger charge is 2.16. The maximum atomic E-state index is 11.9. The summed E-state index contributed by atoms with van der Waals surface area (Å²) in [6, 6.07) is 0.282. The molecule has 1 fully saturated rings. The lowest BCUT2D eigenvalue weighted by Gasteiger charge is -2.15. The number of nitrogens with two attached hydrogens (primary N) is 1. The van der Waals surface area contributed by atoms with E-state index in [-0.39, 0.29) is 11.9 Å². The summed E-state index contributed by atoms with van der Waals surface area (Å²) in [7, 11) is 0. The van der Waals surface area contributed by atoms with Crippen LogP contribution in [0.2, 0.25) is 0 Å². The molecule has 0 atom stereocenters. The number of carbonyl (C=O) groups is 1. The SMILES string of the molecule is Nc1cnc(C(=O)NC2CCCCCC2)cn1. The van der Waals surface area contributed by atoms with E-state index in [1.165, 1.54) is 38.1 Å². The van der Waals surface area contributed by atoms with Gasteiger partial charge in [-0.05, 0) is 12.8 Å². The first kappa shape index (κ1) is 11.8. The molecule has 0 radical (unpaired) electrons. The average molecular weight is 234 g/mol. The summed E-state index contributed by atoms with van der Waals surface area (Å²) in [5.41, 5.74) is 5.76. The first-order valence-corrected chi connectivity index (χ1v) is 6.14. The standard InChI is InChI=1S/C12H18N4O/c13-11-8-14-10(7-15-11)12(17)16-9-5-3-1-2-4-6-9/h7-9H,1-6H2,(H2,13,15)(H,16,17). The van der Waals surface area contributed by atoms with Gasteiger partial charge in [-0.1, -0.05) is 25.7 Å². The molecule has 0 aliphatic heterocycles. The lowest BCUT2D eigenvalue weighted by molar-refractivity contribution is 0.0928. The van der Waals surface area contributed by atoms with Crippen LogP contribution in [-0.4, -0.2) is 21.9 Å². The van der Waals surface area contributed by atoms with Gasteiger partial charge in [0.2, 0.25) is 0 Å². The van der Waals surface area contributed by atoms with E-state index in [0.29, 0.717) is 11.5 Å². The van der Waals surface area contributed by atoms with Crippen LogP contribution >= 0.6 is 0 Å². The van der Waals surface area contributed by atoms with Crippen LogP contribution in [0.15, 0.2) is 12.4 Å². The third-order valence-electron chi connectivity index (χ3n) is 3.09. The van der Waals surface area contributed by atoms with Crippen LogP contribution in [0.4, 0.5) is 5.82 Å².